The first-order valence-electron chi connectivity index (χ1n) is 7.44. The van der Waals surface area contributed by atoms with Crippen LogP contribution in [0.4, 0.5) is 4.79 Å². The van der Waals surface area contributed by atoms with E-state index >= 15 is 0 Å². The molecule has 0 radical (unpaired) electrons. The molecule has 1 fully saturated rings. The van der Waals surface area contributed by atoms with E-state index in [0.717, 1.165) is 18.4 Å². The van der Waals surface area contributed by atoms with Crippen molar-refractivity contribution in [3.63, 3.8) is 0 Å². The van der Waals surface area contributed by atoms with Gasteiger partial charge in [0.1, 0.15) is 18.0 Å². The highest BCUT2D eigenvalue weighted by Gasteiger charge is 2.32. The number of hydrogen-bond donors (Lipinski definition) is 1. The van der Waals surface area contributed by atoms with Crippen molar-refractivity contribution in [2.24, 2.45) is 0 Å². The molecule has 1 heterocycles. The summed E-state index contributed by atoms with van der Waals surface area (Å²) in [4.78, 5) is 25.2. The van der Waals surface area contributed by atoms with Crippen molar-refractivity contribution in [1.29, 1.82) is 0 Å². The SMILES string of the molecule is COC(=O)NCC(=O)N1CCC[C@@H]1c1ccc(OC)cc1OC. The molecule has 0 unspecified atom stereocenters. The van der Waals surface area contributed by atoms with Gasteiger partial charge < -0.3 is 24.4 Å². The third-order valence-corrected chi connectivity index (χ3v) is 3.94. The van der Waals surface area contributed by atoms with Crippen molar-refractivity contribution in [2.75, 3.05) is 34.4 Å². The van der Waals surface area contributed by atoms with Crippen LogP contribution in [0.3, 0.4) is 0 Å². The zero-order chi connectivity index (χ0) is 16.8. The second-order valence-electron chi connectivity index (χ2n) is 5.20. The standard InChI is InChI=1S/C16H22N2O5/c1-21-11-6-7-12(14(9-11)22-2)13-5-4-8-18(13)15(19)10-17-16(20)23-3/h6-7,9,13H,4-5,8,10H2,1-3H3,(H,17,20)/t13-/m1/s1. The van der Waals surface area contributed by atoms with E-state index in [0.29, 0.717) is 18.0 Å². The lowest BCUT2D eigenvalue weighted by molar-refractivity contribution is -0.131. The zero-order valence-electron chi connectivity index (χ0n) is 13.6. The Labute approximate surface area is 135 Å². The highest BCUT2D eigenvalue weighted by atomic mass is 16.5. The summed E-state index contributed by atoms with van der Waals surface area (Å²) in [7, 11) is 4.46. The summed E-state index contributed by atoms with van der Waals surface area (Å²) >= 11 is 0. The molecule has 1 aromatic rings. The Kier molecular flexibility index (Phi) is 5.67. The molecule has 1 aliphatic rings. The maximum absolute atomic E-state index is 12.4. The fraction of sp³-hybridized carbons (Fsp3) is 0.500. The Morgan fingerprint density at radius 3 is 2.70 bits per heavy atom. The summed E-state index contributed by atoms with van der Waals surface area (Å²) in [5.74, 6) is 1.25. The first-order valence-corrected chi connectivity index (χ1v) is 7.44. The molecule has 7 heteroatoms. The number of carbonyl (C=O) groups is 2. The second kappa shape index (κ2) is 7.71. The predicted molar refractivity (Wildman–Crippen MR) is 83.6 cm³/mol. The van der Waals surface area contributed by atoms with Crippen LogP contribution in [0.1, 0.15) is 24.4 Å². The van der Waals surface area contributed by atoms with E-state index in [1.807, 2.05) is 18.2 Å². The third-order valence-electron chi connectivity index (χ3n) is 3.94. The van der Waals surface area contributed by atoms with Crippen LogP contribution in [0.5, 0.6) is 11.5 Å². The van der Waals surface area contributed by atoms with Crippen LogP contribution in [0.2, 0.25) is 0 Å². The van der Waals surface area contributed by atoms with Gasteiger partial charge in [-0.05, 0) is 25.0 Å². The van der Waals surface area contributed by atoms with Crippen molar-refractivity contribution < 1.29 is 23.8 Å². The highest BCUT2D eigenvalue weighted by Crippen LogP contribution is 2.38. The molecule has 126 valence electrons. The minimum Gasteiger partial charge on any atom is -0.497 e. The average molecular weight is 322 g/mol. The first-order chi connectivity index (χ1) is 11.1. The largest absolute Gasteiger partial charge is 0.497 e. The summed E-state index contributed by atoms with van der Waals surface area (Å²) in [6.45, 7) is 0.573. The van der Waals surface area contributed by atoms with Crippen LogP contribution in [-0.2, 0) is 9.53 Å². The van der Waals surface area contributed by atoms with Crippen molar-refractivity contribution in [1.82, 2.24) is 10.2 Å². The number of carbonyl (C=O) groups excluding carboxylic acids is 2. The molecule has 1 saturated heterocycles. The van der Waals surface area contributed by atoms with Gasteiger partial charge in [-0.3, -0.25) is 4.79 Å². The van der Waals surface area contributed by atoms with E-state index in [2.05, 4.69) is 10.1 Å². The van der Waals surface area contributed by atoms with Gasteiger partial charge in [-0.15, -0.1) is 0 Å². The molecular formula is C16H22N2O5. The van der Waals surface area contributed by atoms with Crippen LogP contribution < -0.4 is 14.8 Å². The Morgan fingerprint density at radius 2 is 2.04 bits per heavy atom. The lowest BCUT2D eigenvalue weighted by atomic mass is 10.0. The number of hydrogen-bond acceptors (Lipinski definition) is 5. The summed E-state index contributed by atoms with van der Waals surface area (Å²) in [6.07, 6.45) is 1.15. The molecule has 0 bridgehead atoms. The quantitative estimate of drug-likeness (QED) is 0.893. The highest BCUT2D eigenvalue weighted by molar-refractivity contribution is 5.82. The van der Waals surface area contributed by atoms with E-state index in [1.165, 1.54) is 7.11 Å². The van der Waals surface area contributed by atoms with Crippen molar-refractivity contribution in [3.05, 3.63) is 23.8 Å². The summed E-state index contributed by atoms with van der Waals surface area (Å²) in [6, 6.07) is 5.51. The van der Waals surface area contributed by atoms with E-state index in [4.69, 9.17) is 9.47 Å². The van der Waals surface area contributed by atoms with Gasteiger partial charge in [0.15, 0.2) is 0 Å². The maximum Gasteiger partial charge on any atom is 0.407 e. The van der Waals surface area contributed by atoms with Gasteiger partial charge in [-0.25, -0.2) is 4.79 Å². The number of nitrogens with zero attached hydrogens (tertiary/aromatic N) is 1. The van der Waals surface area contributed by atoms with Crippen LogP contribution in [0, 0.1) is 0 Å². The molecule has 1 aliphatic heterocycles. The fourth-order valence-corrected chi connectivity index (χ4v) is 2.80. The Hall–Kier alpha value is -2.44. The fourth-order valence-electron chi connectivity index (χ4n) is 2.80. The van der Waals surface area contributed by atoms with E-state index < -0.39 is 6.09 Å². The number of alkyl carbamates (subject to hydrolysis) is 1. The molecule has 1 atom stereocenters. The zero-order valence-corrected chi connectivity index (χ0v) is 13.6. The predicted octanol–water partition coefficient (Wildman–Crippen LogP) is 1.72. The molecule has 0 aliphatic carbocycles. The lowest BCUT2D eigenvalue weighted by Gasteiger charge is -2.26. The molecule has 1 N–H and O–H groups in total. The molecule has 0 aromatic heterocycles. The second-order valence-corrected chi connectivity index (χ2v) is 5.20. The molecule has 23 heavy (non-hydrogen) atoms. The minimum absolute atomic E-state index is 0.0668. The molecule has 7 nitrogen and oxygen atoms in total. The summed E-state index contributed by atoms with van der Waals surface area (Å²) < 4.78 is 15.1. The van der Waals surface area contributed by atoms with Gasteiger partial charge in [0.25, 0.3) is 0 Å². The monoisotopic (exact) mass is 322 g/mol. The van der Waals surface area contributed by atoms with Crippen LogP contribution in [-0.4, -0.2) is 51.3 Å². The number of benzene rings is 1. The van der Waals surface area contributed by atoms with Crippen LogP contribution >= 0.6 is 0 Å². The van der Waals surface area contributed by atoms with Gasteiger partial charge in [-0.2, -0.15) is 0 Å². The number of ether oxygens (including phenoxy) is 3. The Morgan fingerprint density at radius 1 is 1.26 bits per heavy atom. The number of nitrogens with one attached hydrogen (secondary N) is 1. The number of methoxy groups -OCH3 is 3. The smallest absolute Gasteiger partial charge is 0.407 e. The molecule has 0 spiro atoms. The van der Waals surface area contributed by atoms with Crippen LogP contribution in [0.25, 0.3) is 0 Å². The van der Waals surface area contributed by atoms with Crippen molar-refractivity contribution in [2.45, 2.75) is 18.9 Å². The number of likely N-dealkylation sites (tertiary alicyclic amines) is 1. The van der Waals surface area contributed by atoms with Crippen molar-refractivity contribution in [3.8, 4) is 11.5 Å². The van der Waals surface area contributed by atoms with E-state index in [-0.39, 0.29) is 18.5 Å². The van der Waals surface area contributed by atoms with Gasteiger partial charge in [0.2, 0.25) is 5.91 Å². The Bertz CT molecular complexity index is 576. The van der Waals surface area contributed by atoms with E-state index in [9.17, 15) is 9.59 Å². The van der Waals surface area contributed by atoms with Gasteiger partial charge >= 0.3 is 6.09 Å². The normalized spacial score (nSPS) is 16.8. The number of amides is 2. The van der Waals surface area contributed by atoms with Gasteiger partial charge in [-0.1, -0.05) is 0 Å². The summed E-state index contributed by atoms with van der Waals surface area (Å²) in [5, 5.41) is 2.42. The van der Waals surface area contributed by atoms with Gasteiger partial charge in [0.05, 0.1) is 27.4 Å². The third kappa shape index (κ3) is 3.85. The first kappa shape index (κ1) is 16.9. The maximum atomic E-state index is 12.4. The lowest BCUT2D eigenvalue weighted by Crippen LogP contribution is -2.39. The molecule has 1 aromatic carbocycles. The number of rotatable bonds is 5. The summed E-state index contributed by atoms with van der Waals surface area (Å²) in [5.41, 5.74) is 0.942. The molecular weight excluding hydrogens is 300 g/mol. The average Bonchev–Trinajstić information content (AvgIpc) is 3.08. The topological polar surface area (TPSA) is 77.1 Å². The van der Waals surface area contributed by atoms with E-state index in [1.54, 1.807) is 19.1 Å². The van der Waals surface area contributed by atoms with Gasteiger partial charge in [0, 0.05) is 18.2 Å². The molecule has 2 amide bonds. The Balaban J connectivity index is 2.15. The van der Waals surface area contributed by atoms with Crippen LogP contribution in [0.15, 0.2) is 18.2 Å². The minimum atomic E-state index is -0.615. The molecule has 0 saturated carbocycles. The molecule has 2 rings (SSSR count). The van der Waals surface area contributed by atoms with Crippen molar-refractivity contribution >= 4 is 12.0 Å².